The Morgan fingerprint density at radius 3 is 2.84 bits per heavy atom. The van der Waals surface area contributed by atoms with E-state index < -0.39 is 11.8 Å². The molecule has 3 aromatic rings. The van der Waals surface area contributed by atoms with Crippen molar-refractivity contribution in [3.05, 3.63) is 62.2 Å². The Bertz CT molecular complexity index is 978. The summed E-state index contributed by atoms with van der Waals surface area (Å²) in [7, 11) is 0. The molecule has 1 amide bonds. The topological polar surface area (TPSA) is 66.4 Å². The molecule has 0 saturated carbocycles. The van der Waals surface area contributed by atoms with Gasteiger partial charge in [-0.2, -0.15) is 11.3 Å². The van der Waals surface area contributed by atoms with Gasteiger partial charge in [-0.3, -0.25) is 4.79 Å². The van der Waals surface area contributed by atoms with Gasteiger partial charge < -0.3 is 10.4 Å². The van der Waals surface area contributed by atoms with E-state index in [1.54, 1.807) is 6.07 Å². The van der Waals surface area contributed by atoms with Crippen LogP contribution in [0.1, 0.15) is 32.5 Å². The molecule has 7 heteroatoms. The maximum atomic E-state index is 13.7. The molecule has 1 atom stereocenters. The minimum absolute atomic E-state index is 0.109. The molecular formula is C18H12FNO3S2. The molecule has 0 bridgehead atoms. The van der Waals surface area contributed by atoms with E-state index in [0.717, 1.165) is 21.8 Å². The van der Waals surface area contributed by atoms with E-state index in [0.29, 0.717) is 16.8 Å². The van der Waals surface area contributed by atoms with E-state index in [2.05, 4.69) is 5.32 Å². The van der Waals surface area contributed by atoms with Crippen molar-refractivity contribution in [3.63, 3.8) is 0 Å². The number of carboxylic acid groups (broad SMARTS) is 1. The van der Waals surface area contributed by atoms with Gasteiger partial charge in [0.2, 0.25) is 5.91 Å². The predicted molar refractivity (Wildman–Crippen MR) is 96.1 cm³/mol. The van der Waals surface area contributed by atoms with Crippen LogP contribution in [0.2, 0.25) is 0 Å². The zero-order chi connectivity index (χ0) is 17.6. The van der Waals surface area contributed by atoms with Crippen LogP contribution in [0, 0.1) is 5.82 Å². The first-order valence-corrected chi connectivity index (χ1v) is 9.28. The number of anilines is 1. The van der Waals surface area contributed by atoms with Gasteiger partial charge in [0.25, 0.3) is 0 Å². The van der Waals surface area contributed by atoms with Gasteiger partial charge >= 0.3 is 5.97 Å². The predicted octanol–water partition coefficient (Wildman–Crippen LogP) is 4.79. The van der Waals surface area contributed by atoms with Crippen molar-refractivity contribution < 1.29 is 19.1 Å². The molecule has 0 aliphatic carbocycles. The molecular weight excluding hydrogens is 361 g/mol. The third-order valence-corrected chi connectivity index (χ3v) is 6.15. The zero-order valence-corrected chi connectivity index (χ0v) is 14.4. The Kier molecular flexibility index (Phi) is 3.89. The van der Waals surface area contributed by atoms with Gasteiger partial charge in [0.1, 0.15) is 10.7 Å². The maximum absolute atomic E-state index is 13.7. The molecule has 1 aliphatic heterocycles. The Hall–Kier alpha value is -2.51. The van der Waals surface area contributed by atoms with Crippen molar-refractivity contribution in [2.75, 3.05) is 5.32 Å². The summed E-state index contributed by atoms with van der Waals surface area (Å²) in [5, 5.41) is 16.3. The number of hydrogen-bond acceptors (Lipinski definition) is 4. The normalized spacial score (nSPS) is 16.4. The van der Waals surface area contributed by atoms with Gasteiger partial charge in [-0.1, -0.05) is 12.1 Å². The number of fused-ring (bicyclic) bond motifs is 1. The molecule has 4 rings (SSSR count). The summed E-state index contributed by atoms with van der Waals surface area (Å²) >= 11 is 2.68. The van der Waals surface area contributed by atoms with E-state index in [9.17, 15) is 19.1 Å². The van der Waals surface area contributed by atoms with Crippen molar-refractivity contribution in [3.8, 4) is 11.1 Å². The number of amides is 1. The number of halogens is 1. The second kappa shape index (κ2) is 6.09. The molecule has 1 aliphatic rings. The zero-order valence-electron chi connectivity index (χ0n) is 12.8. The molecule has 126 valence electrons. The lowest BCUT2D eigenvalue weighted by Gasteiger charge is -2.23. The molecule has 2 N–H and O–H groups in total. The van der Waals surface area contributed by atoms with Crippen LogP contribution in [0.3, 0.4) is 0 Å². The molecule has 25 heavy (non-hydrogen) atoms. The minimum atomic E-state index is -1.09. The van der Waals surface area contributed by atoms with Gasteiger partial charge in [0.15, 0.2) is 0 Å². The molecule has 4 nitrogen and oxygen atoms in total. The van der Waals surface area contributed by atoms with Gasteiger partial charge in [0.05, 0.1) is 5.69 Å². The maximum Gasteiger partial charge on any atom is 0.346 e. The number of hydrogen-bond donors (Lipinski definition) is 2. The quantitative estimate of drug-likeness (QED) is 0.694. The molecule has 0 spiro atoms. The van der Waals surface area contributed by atoms with Crippen molar-refractivity contribution in [1.82, 2.24) is 0 Å². The van der Waals surface area contributed by atoms with E-state index in [1.165, 1.54) is 29.5 Å². The number of carbonyl (C=O) groups excluding carboxylic acids is 1. The summed E-state index contributed by atoms with van der Waals surface area (Å²) in [6, 6.07) is 7.71. The van der Waals surface area contributed by atoms with E-state index in [-0.39, 0.29) is 23.1 Å². The van der Waals surface area contributed by atoms with E-state index in [4.69, 9.17) is 0 Å². The summed E-state index contributed by atoms with van der Waals surface area (Å²) < 4.78 is 13.7. The highest BCUT2D eigenvalue weighted by molar-refractivity contribution is 7.15. The molecule has 0 saturated heterocycles. The highest BCUT2D eigenvalue weighted by Gasteiger charge is 2.34. The Labute approximate surface area is 150 Å². The molecule has 3 heterocycles. The van der Waals surface area contributed by atoms with Crippen LogP contribution in [-0.2, 0) is 4.79 Å². The SMILES string of the molecule is O=C1C[C@H](c2ccsc2)c2sc(C(=O)O)c(-c3cccc(F)c3)c2N1. The van der Waals surface area contributed by atoms with Crippen LogP contribution >= 0.6 is 22.7 Å². The van der Waals surface area contributed by atoms with Crippen molar-refractivity contribution in [1.29, 1.82) is 0 Å². The molecule has 0 fully saturated rings. The standard InChI is InChI=1S/C18H12FNO3S2/c19-11-3-1-2-9(6-11)14-15-16(25-17(14)18(22)23)12(7-13(21)20-15)10-4-5-24-8-10/h1-6,8,12H,7H2,(H,20,21)(H,22,23)/t12-/m1/s1. The second-order valence-electron chi connectivity index (χ2n) is 5.72. The number of rotatable bonds is 3. The fraction of sp³-hybridized carbons (Fsp3) is 0.111. The highest BCUT2D eigenvalue weighted by atomic mass is 32.1. The number of thiophene rings is 2. The summed E-state index contributed by atoms with van der Waals surface area (Å²) in [5.74, 6) is -1.89. The van der Waals surface area contributed by atoms with Gasteiger partial charge in [-0.15, -0.1) is 11.3 Å². The Morgan fingerprint density at radius 2 is 2.16 bits per heavy atom. The van der Waals surface area contributed by atoms with Crippen LogP contribution in [-0.4, -0.2) is 17.0 Å². The largest absolute Gasteiger partial charge is 0.477 e. The van der Waals surface area contributed by atoms with Crippen LogP contribution < -0.4 is 5.32 Å². The number of carbonyl (C=O) groups is 2. The smallest absolute Gasteiger partial charge is 0.346 e. The third-order valence-electron chi connectivity index (χ3n) is 4.16. The lowest BCUT2D eigenvalue weighted by atomic mass is 9.90. The molecule has 1 aromatic carbocycles. The number of nitrogens with one attached hydrogen (secondary N) is 1. The summed E-state index contributed by atoms with van der Waals surface area (Å²) in [4.78, 5) is 24.9. The van der Waals surface area contributed by atoms with Crippen LogP contribution in [0.5, 0.6) is 0 Å². The number of benzene rings is 1. The van der Waals surface area contributed by atoms with Crippen molar-refractivity contribution in [2.45, 2.75) is 12.3 Å². The van der Waals surface area contributed by atoms with Gasteiger partial charge in [-0.25, -0.2) is 9.18 Å². The second-order valence-corrected chi connectivity index (χ2v) is 7.55. The van der Waals surface area contributed by atoms with Crippen LogP contribution in [0.25, 0.3) is 11.1 Å². The summed E-state index contributed by atoms with van der Waals surface area (Å²) in [5.41, 5.74) is 2.30. The average molecular weight is 373 g/mol. The lowest BCUT2D eigenvalue weighted by Crippen LogP contribution is -2.22. The first-order valence-electron chi connectivity index (χ1n) is 7.52. The van der Waals surface area contributed by atoms with Gasteiger partial charge in [-0.05, 0) is 40.1 Å². The fourth-order valence-corrected chi connectivity index (χ4v) is 5.06. The number of aromatic carboxylic acids is 1. The van der Waals surface area contributed by atoms with Crippen LogP contribution in [0.4, 0.5) is 10.1 Å². The highest BCUT2D eigenvalue weighted by Crippen LogP contribution is 2.49. The summed E-state index contributed by atoms with van der Waals surface area (Å²) in [6.45, 7) is 0. The summed E-state index contributed by atoms with van der Waals surface area (Å²) in [6.07, 6.45) is 0.270. The fourth-order valence-electron chi connectivity index (χ4n) is 3.10. The van der Waals surface area contributed by atoms with Gasteiger partial charge in [0, 0.05) is 22.8 Å². The monoisotopic (exact) mass is 373 g/mol. The molecule has 2 aromatic heterocycles. The van der Waals surface area contributed by atoms with E-state index in [1.807, 2.05) is 16.8 Å². The first kappa shape index (κ1) is 16.0. The molecule has 0 radical (unpaired) electrons. The average Bonchev–Trinajstić information content (AvgIpc) is 3.21. The first-order chi connectivity index (χ1) is 12.0. The van der Waals surface area contributed by atoms with Crippen LogP contribution in [0.15, 0.2) is 41.1 Å². The molecule has 0 unspecified atom stereocenters. The van der Waals surface area contributed by atoms with Crippen molar-refractivity contribution in [2.24, 2.45) is 0 Å². The Morgan fingerprint density at radius 1 is 1.32 bits per heavy atom. The lowest BCUT2D eigenvalue weighted by molar-refractivity contribution is -0.116. The minimum Gasteiger partial charge on any atom is -0.477 e. The number of carboxylic acids is 1. The van der Waals surface area contributed by atoms with E-state index >= 15 is 0 Å². The third kappa shape index (κ3) is 2.75. The van der Waals surface area contributed by atoms with Crippen molar-refractivity contribution >= 4 is 40.2 Å². The Balaban J connectivity index is 1.96.